The summed E-state index contributed by atoms with van der Waals surface area (Å²) < 4.78 is 2.75. The number of benzene rings is 1. The average Bonchev–Trinajstić information content (AvgIpc) is 2.68. The first-order valence-electron chi connectivity index (χ1n) is 6.00. The van der Waals surface area contributed by atoms with Crippen LogP contribution in [0, 0.1) is 4.77 Å². The summed E-state index contributed by atoms with van der Waals surface area (Å²) in [6, 6.07) is 5.84. The average molecular weight is 283 g/mol. The fourth-order valence-electron chi connectivity index (χ4n) is 2.37. The topological polar surface area (TPSA) is 27.2 Å². The number of fused-ring (bicyclic) bond motifs is 1. The van der Waals surface area contributed by atoms with Crippen LogP contribution in [-0.4, -0.2) is 47.8 Å². The van der Waals surface area contributed by atoms with Crippen LogP contribution in [-0.2, 0) is 0 Å². The second-order valence-electron chi connectivity index (χ2n) is 4.63. The Balaban J connectivity index is 2.11. The van der Waals surface area contributed by atoms with Crippen molar-refractivity contribution in [1.29, 1.82) is 0 Å². The Morgan fingerprint density at radius 1 is 1.22 bits per heavy atom. The summed E-state index contributed by atoms with van der Waals surface area (Å²) in [5.41, 5.74) is 1.97. The van der Waals surface area contributed by atoms with Crippen molar-refractivity contribution >= 4 is 34.9 Å². The molecule has 96 valence electrons. The minimum atomic E-state index is 0.711. The molecule has 1 fully saturated rings. The van der Waals surface area contributed by atoms with E-state index in [-0.39, 0.29) is 0 Å². The third kappa shape index (κ3) is 1.92. The van der Waals surface area contributed by atoms with Gasteiger partial charge in [0.1, 0.15) is 5.52 Å². The number of piperazine rings is 1. The van der Waals surface area contributed by atoms with E-state index >= 15 is 0 Å². The molecule has 1 aliphatic rings. The van der Waals surface area contributed by atoms with Crippen molar-refractivity contribution in [2.75, 3.05) is 38.2 Å². The minimum Gasteiger partial charge on any atom is -0.329 e. The van der Waals surface area contributed by atoms with Crippen molar-refractivity contribution in [2.45, 2.75) is 0 Å². The Kier molecular flexibility index (Phi) is 3.05. The lowest BCUT2D eigenvalue weighted by molar-refractivity contribution is 0.288. The second-order valence-corrected chi connectivity index (χ2v) is 5.43. The molecule has 1 saturated heterocycles. The predicted octanol–water partition coefficient (Wildman–Crippen LogP) is 2.24. The smallest absolute Gasteiger partial charge is 0.197 e. The van der Waals surface area contributed by atoms with Gasteiger partial charge in [0, 0.05) is 26.2 Å². The van der Waals surface area contributed by atoms with Gasteiger partial charge in [-0.05, 0) is 31.4 Å². The molecule has 1 aliphatic heterocycles. The molecular weight excluding hydrogens is 268 g/mol. The van der Waals surface area contributed by atoms with Crippen LogP contribution in [0.15, 0.2) is 18.2 Å². The molecule has 0 bridgehead atoms. The summed E-state index contributed by atoms with van der Waals surface area (Å²) >= 11 is 11.7. The molecule has 0 amide bonds. The monoisotopic (exact) mass is 282 g/mol. The SMILES string of the molecule is CN1CCN(n2c(=S)[nH]c3cccc(Cl)c32)CC1. The second kappa shape index (κ2) is 4.57. The first-order valence-corrected chi connectivity index (χ1v) is 6.78. The molecule has 2 aromatic rings. The number of halogens is 1. The zero-order chi connectivity index (χ0) is 12.7. The van der Waals surface area contributed by atoms with E-state index in [1.165, 1.54) is 0 Å². The molecule has 4 nitrogen and oxygen atoms in total. The van der Waals surface area contributed by atoms with E-state index in [1.54, 1.807) is 0 Å². The molecule has 6 heteroatoms. The molecule has 1 N–H and O–H groups in total. The predicted molar refractivity (Wildman–Crippen MR) is 77.6 cm³/mol. The van der Waals surface area contributed by atoms with Crippen LogP contribution in [0.4, 0.5) is 0 Å². The van der Waals surface area contributed by atoms with Gasteiger partial charge in [-0.15, -0.1) is 0 Å². The van der Waals surface area contributed by atoms with Gasteiger partial charge in [0.2, 0.25) is 0 Å². The molecule has 18 heavy (non-hydrogen) atoms. The van der Waals surface area contributed by atoms with Crippen LogP contribution in [0.5, 0.6) is 0 Å². The van der Waals surface area contributed by atoms with E-state index in [2.05, 4.69) is 21.9 Å². The number of para-hydroxylation sites is 1. The Morgan fingerprint density at radius 2 is 1.94 bits per heavy atom. The molecule has 0 unspecified atom stereocenters. The maximum absolute atomic E-state index is 6.30. The van der Waals surface area contributed by atoms with E-state index in [0.29, 0.717) is 4.77 Å². The summed E-state index contributed by atoms with van der Waals surface area (Å²) in [5, 5.41) is 2.99. The van der Waals surface area contributed by atoms with E-state index in [1.807, 2.05) is 22.9 Å². The van der Waals surface area contributed by atoms with E-state index in [9.17, 15) is 0 Å². The van der Waals surface area contributed by atoms with Crippen molar-refractivity contribution in [3.63, 3.8) is 0 Å². The van der Waals surface area contributed by atoms with E-state index < -0.39 is 0 Å². The first-order chi connectivity index (χ1) is 8.66. The Bertz CT molecular complexity index is 625. The third-order valence-corrected chi connectivity index (χ3v) is 3.98. The van der Waals surface area contributed by atoms with Crippen molar-refractivity contribution in [3.8, 4) is 0 Å². The van der Waals surface area contributed by atoms with Gasteiger partial charge in [-0.2, -0.15) is 0 Å². The van der Waals surface area contributed by atoms with Gasteiger partial charge < -0.3 is 14.9 Å². The lowest BCUT2D eigenvalue weighted by atomic mass is 10.3. The Morgan fingerprint density at radius 3 is 2.67 bits per heavy atom. The molecule has 2 heterocycles. The summed E-state index contributed by atoms with van der Waals surface area (Å²) in [6.45, 7) is 4.00. The molecule has 0 atom stereocenters. The van der Waals surface area contributed by atoms with Crippen LogP contribution in [0.1, 0.15) is 0 Å². The minimum absolute atomic E-state index is 0.711. The number of hydrogen-bond donors (Lipinski definition) is 1. The standard InChI is InChI=1S/C12H15ClN4S/c1-15-5-7-16(8-6-15)17-11-9(13)3-2-4-10(11)14-12(17)18/h2-4H,5-8H2,1H3,(H,14,18). The van der Waals surface area contributed by atoms with Crippen LogP contribution < -0.4 is 5.01 Å². The highest BCUT2D eigenvalue weighted by molar-refractivity contribution is 7.71. The molecule has 1 aromatic carbocycles. The molecule has 0 spiro atoms. The quantitative estimate of drug-likeness (QED) is 0.813. The molecule has 0 radical (unpaired) electrons. The lowest BCUT2D eigenvalue weighted by Crippen LogP contribution is -2.49. The largest absolute Gasteiger partial charge is 0.329 e. The number of nitrogens with zero attached hydrogens (tertiary/aromatic N) is 3. The van der Waals surface area contributed by atoms with Gasteiger partial charge in [0.15, 0.2) is 4.77 Å². The summed E-state index contributed by atoms with van der Waals surface area (Å²) in [7, 11) is 2.14. The van der Waals surface area contributed by atoms with Crippen LogP contribution in [0.2, 0.25) is 5.02 Å². The number of likely N-dealkylation sites (N-methyl/N-ethyl adjacent to an activating group) is 1. The number of rotatable bonds is 1. The van der Waals surface area contributed by atoms with Crippen molar-refractivity contribution in [2.24, 2.45) is 0 Å². The van der Waals surface area contributed by atoms with Gasteiger partial charge in [0.25, 0.3) is 0 Å². The van der Waals surface area contributed by atoms with Gasteiger partial charge in [-0.1, -0.05) is 17.7 Å². The van der Waals surface area contributed by atoms with Crippen molar-refractivity contribution in [3.05, 3.63) is 28.0 Å². The van der Waals surface area contributed by atoms with E-state index in [0.717, 1.165) is 42.2 Å². The molecule has 0 saturated carbocycles. The molecule has 1 aromatic heterocycles. The lowest BCUT2D eigenvalue weighted by Gasteiger charge is -2.34. The summed E-state index contributed by atoms with van der Waals surface area (Å²) in [5.74, 6) is 0. The highest BCUT2D eigenvalue weighted by atomic mass is 35.5. The summed E-state index contributed by atoms with van der Waals surface area (Å²) in [6.07, 6.45) is 0. The summed E-state index contributed by atoms with van der Waals surface area (Å²) in [4.78, 5) is 5.53. The fourth-order valence-corrected chi connectivity index (χ4v) is 2.94. The highest BCUT2D eigenvalue weighted by Gasteiger charge is 2.18. The number of aromatic amines is 1. The fraction of sp³-hybridized carbons (Fsp3) is 0.417. The molecule has 3 rings (SSSR count). The Hall–Kier alpha value is -1.04. The molecule has 0 aliphatic carbocycles. The number of aromatic nitrogens is 2. The first kappa shape index (κ1) is 12.0. The van der Waals surface area contributed by atoms with Crippen LogP contribution >= 0.6 is 23.8 Å². The maximum Gasteiger partial charge on any atom is 0.197 e. The van der Waals surface area contributed by atoms with Gasteiger partial charge in [-0.3, -0.25) is 0 Å². The third-order valence-electron chi connectivity index (χ3n) is 3.40. The van der Waals surface area contributed by atoms with Gasteiger partial charge >= 0.3 is 0 Å². The van der Waals surface area contributed by atoms with Crippen molar-refractivity contribution in [1.82, 2.24) is 14.6 Å². The van der Waals surface area contributed by atoms with E-state index in [4.69, 9.17) is 23.8 Å². The van der Waals surface area contributed by atoms with Crippen LogP contribution in [0.3, 0.4) is 0 Å². The zero-order valence-corrected chi connectivity index (χ0v) is 11.8. The number of H-pyrrole nitrogens is 1. The highest BCUT2D eigenvalue weighted by Crippen LogP contribution is 2.23. The van der Waals surface area contributed by atoms with Crippen molar-refractivity contribution < 1.29 is 0 Å². The number of nitrogens with one attached hydrogen (secondary N) is 1. The number of imidazole rings is 1. The zero-order valence-electron chi connectivity index (χ0n) is 10.2. The normalized spacial score (nSPS) is 17.6. The molecular formula is C12H15ClN4S. The number of hydrogen-bond acceptors (Lipinski definition) is 3. The van der Waals surface area contributed by atoms with Gasteiger partial charge in [0.05, 0.1) is 10.5 Å². The van der Waals surface area contributed by atoms with Crippen LogP contribution in [0.25, 0.3) is 11.0 Å². The van der Waals surface area contributed by atoms with Gasteiger partial charge in [-0.25, -0.2) is 4.68 Å². The Labute approximate surface area is 116 Å². The maximum atomic E-state index is 6.30.